The number of alkyl halides is 3. The van der Waals surface area contributed by atoms with Gasteiger partial charge in [-0.05, 0) is 43.9 Å². The maximum Gasteiger partial charge on any atom is 0.416 e. The molecule has 0 aliphatic carbocycles. The van der Waals surface area contributed by atoms with E-state index >= 15 is 0 Å². The van der Waals surface area contributed by atoms with Gasteiger partial charge in [0.25, 0.3) is 0 Å². The van der Waals surface area contributed by atoms with E-state index in [4.69, 9.17) is 10.00 Å². The predicted octanol–water partition coefficient (Wildman–Crippen LogP) is 3.72. The van der Waals surface area contributed by atoms with Crippen molar-refractivity contribution in [2.24, 2.45) is 5.92 Å². The average Bonchev–Trinajstić information content (AvgIpc) is 2.83. The Labute approximate surface area is 125 Å². The first kappa shape index (κ1) is 15.0. The number of nitriles is 1. The van der Waals surface area contributed by atoms with Crippen LogP contribution < -0.4 is 0 Å². The molecule has 0 aromatic heterocycles. The summed E-state index contributed by atoms with van der Waals surface area (Å²) in [5, 5.41) is 8.89. The first-order valence-corrected chi connectivity index (χ1v) is 7.19. The van der Waals surface area contributed by atoms with E-state index < -0.39 is 11.7 Å². The van der Waals surface area contributed by atoms with Gasteiger partial charge in [0.1, 0.15) is 0 Å². The molecule has 2 fully saturated rings. The van der Waals surface area contributed by atoms with Gasteiger partial charge in [0.05, 0.1) is 29.4 Å². The van der Waals surface area contributed by atoms with E-state index in [-0.39, 0.29) is 35.0 Å². The molecule has 0 radical (unpaired) electrons. The van der Waals surface area contributed by atoms with Crippen LogP contribution in [-0.4, -0.2) is 18.0 Å². The van der Waals surface area contributed by atoms with Gasteiger partial charge < -0.3 is 4.74 Å². The molecule has 2 heterocycles. The lowest BCUT2D eigenvalue weighted by Gasteiger charge is -2.27. The van der Waals surface area contributed by atoms with Crippen molar-refractivity contribution >= 4 is 5.78 Å². The third kappa shape index (κ3) is 2.86. The average molecular weight is 309 g/mol. The predicted molar refractivity (Wildman–Crippen MR) is 71.1 cm³/mol. The normalized spacial score (nSPS) is 27.5. The van der Waals surface area contributed by atoms with Gasteiger partial charge in [-0.1, -0.05) is 0 Å². The Bertz CT molecular complexity index is 636. The molecule has 0 saturated carbocycles. The Hall–Kier alpha value is -1.87. The fourth-order valence-corrected chi connectivity index (χ4v) is 3.31. The number of fused-ring (bicyclic) bond motifs is 2. The van der Waals surface area contributed by atoms with E-state index in [1.807, 2.05) is 0 Å². The van der Waals surface area contributed by atoms with Crippen molar-refractivity contribution < 1.29 is 22.7 Å². The zero-order valence-corrected chi connectivity index (χ0v) is 11.7. The number of ketones is 1. The van der Waals surface area contributed by atoms with Crippen molar-refractivity contribution in [2.75, 3.05) is 0 Å². The van der Waals surface area contributed by atoms with Crippen LogP contribution in [0.1, 0.15) is 47.2 Å². The molecule has 22 heavy (non-hydrogen) atoms. The number of hydrogen-bond acceptors (Lipinski definition) is 3. The number of rotatable bonds is 2. The maximum atomic E-state index is 12.9. The fourth-order valence-electron chi connectivity index (χ4n) is 3.31. The summed E-state index contributed by atoms with van der Waals surface area (Å²) in [6.07, 6.45) is -1.60. The number of carbonyl (C=O) groups is 1. The SMILES string of the molecule is N#Cc1cc(C(=O)C2CC3CCC(C2)O3)cc(C(F)(F)F)c1. The Morgan fingerprint density at radius 1 is 1.18 bits per heavy atom. The summed E-state index contributed by atoms with van der Waals surface area (Å²) in [6.45, 7) is 0. The van der Waals surface area contributed by atoms with E-state index in [0.29, 0.717) is 12.8 Å². The topological polar surface area (TPSA) is 50.1 Å². The van der Waals surface area contributed by atoms with E-state index in [0.717, 1.165) is 25.0 Å². The van der Waals surface area contributed by atoms with Crippen LogP contribution in [0, 0.1) is 17.2 Å². The number of hydrogen-bond donors (Lipinski definition) is 0. The summed E-state index contributed by atoms with van der Waals surface area (Å²) in [5.74, 6) is -0.635. The third-order valence-electron chi connectivity index (χ3n) is 4.34. The van der Waals surface area contributed by atoms with Crippen LogP contribution in [0.5, 0.6) is 0 Å². The van der Waals surface area contributed by atoms with E-state index in [2.05, 4.69) is 0 Å². The quantitative estimate of drug-likeness (QED) is 0.782. The molecule has 2 aliphatic heterocycles. The second-order valence-corrected chi connectivity index (χ2v) is 5.90. The molecular weight excluding hydrogens is 295 g/mol. The minimum absolute atomic E-state index is 0.0299. The maximum absolute atomic E-state index is 12.9. The summed E-state index contributed by atoms with van der Waals surface area (Å²) in [7, 11) is 0. The van der Waals surface area contributed by atoms with Crippen molar-refractivity contribution in [1.29, 1.82) is 5.26 Å². The van der Waals surface area contributed by atoms with Gasteiger partial charge in [-0.25, -0.2) is 0 Å². The lowest BCUT2D eigenvalue weighted by Crippen LogP contribution is -2.30. The van der Waals surface area contributed by atoms with Crippen LogP contribution in [-0.2, 0) is 10.9 Å². The van der Waals surface area contributed by atoms with E-state index in [1.54, 1.807) is 6.07 Å². The highest BCUT2D eigenvalue weighted by atomic mass is 19.4. The highest BCUT2D eigenvalue weighted by molar-refractivity contribution is 5.98. The Balaban J connectivity index is 1.90. The van der Waals surface area contributed by atoms with Gasteiger partial charge >= 0.3 is 6.18 Å². The first-order valence-electron chi connectivity index (χ1n) is 7.19. The summed E-state index contributed by atoms with van der Waals surface area (Å²) in [5.41, 5.74) is -1.13. The van der Waals surface area contributed by atoms with E-state index in [9.17, 15) is 18.0 Å². The minimum atomic E-state index is -4.57. The van der Waals surface area contributed by atoms with Crippen LogP contribution in [0.25, 0.3) is 0 Å². The van der Waals surface area contributed by atoms with Gasteiger partial charge in [-0.2, -0.15) is 18.4 Å². The van der Waals surface area contributed by atoms with Gasteiger partial charge in [0.2, 0.25) is 0 Å². The monoisotopic (exact) mass is 309 g/mol. The van der Waals surface area contributed by atoms with Gasteiger partial charge in [0, 0.05) is 11.5 Å². The lowest BCUT2D eigenvalue weighted by atomic mass is 9.87. The molecule has 1 aromatic carbocycles. The molecule has 3 rings (SSSR count). The molecule has 0 spiro atoms. The summed E-state index contributed by atoms with van der Waals surface area (Å²) < 4.78 is 44.3. The standard InChI is InChI=1S/C16H14F3NO2/c17-16(18,19)12-4-9(8-20)3-10(5-12)15(21)11-6-13-1-2-14(7-11)22-13/h3-5,11,13-14H,1-2,6-7H2. The Morgan fingerprint density at radius 3 is 2.36 bits per heavy atom. The third-order valence-corrected chi connectivity index (χ3v) is 4.34. The number of halogens is 3. The molecule has 6 heteroatoms. The van der Waals surface area contributed by atoms with Crippen LogP contribution in [0.4, 0.5) is 13.2 Å². The van der Waals surface area contributed by atoms with Crippen LogP contribution in [0.2, 0.25) is 0 Å². The highest BCUT2D eigenvalue weighted by Crippen LogP contribution is 2.38. The molecule has 2 bridgehead atoms. The van der Waals surface area contributed by atoms with Gasteiger partial charge in [-0.3, -0.25) is 4.79 Å². The fraction of sp³-hybridized carbons (Fsp3) is 0.500. The number of Topliss-reactive ketones (excluding diaryl/α,β-unsaturated/α-hetero) is 1. The molecule has 0 amide bonds. The molecule has 3 nitrogen and oxygen atoms in total. The molecule has 1 aromatic rings. The second kappa shape index (κ2) is 5.40. The largest absolute Gasteiger partial charge is 0.416 e. The molecule has 2 aliphatic rings. The lowest BCUT2D eigenvalue weighted by molar-refractivity contribution is -0.137. The number of carbonyl (C=O) groups excluding carboxylic acids is 1. The van der Waals surface area contributed by atoms with Crippen LogP contribution in [0.15, 0.2) is 18.2 Å². The first-order chi connectivity index (χ1) is 10.4. The summed E-state index contributed by atoms with van der Waals surface area (Å²) >= 11 is 0. The number of nitrogens with zero attached hydrogens (tertiary/aromatic N) is 1. The molecule has 2 saturated heterocycles. The van der Waals surface area contributed by atoms with Crippen LogP contribution >= 0.6 is 0 Å². The number of benzene rings is 1. The van der Waals surface area contributed by atoms with Crippen molar-refractivity contribution in [3.05, 3.63) is 34.9 Å². The Kier molecular flexibility index (Phi) is 3.69. The van der Waals surface area contributed by atoms with Crippen molar-refractivity contribution in [1.82, 2.24) is 0 Å². The number of ether oxygens (including phenoxy) is 1. The van der Waals surface area contributed by atoms with Gasteiger partial charge in [-0.15, -0.1) is 0 Å². The van der Waals surface area contributed by atoms with Gasteiger partial charge in [0.15, 0.2) is 5.78 Å². The van der Waals surface area contributed by atoms with E-state index in [1.165, 1.54) is 6.07 Å². The molecular formula is C16H14F3NO2. The minimum Gasteiger partial charge on any atom is -0.375 e. The summed E-state index contributed by atoms with van der Waals surface area (Å²) in [4.78, 5) is 12.5. The molecule has 0 N–H and O–H groups in total. The smallest absolute Gasteiger partial charge is 0.375 e. The second-order valence-electron chi connectivity index (χ2n) is 5.90. The van der Waals surface area contributed by atoms with Crippen molar-refractivity contribution in [3.8, 4) is 6.07 Å². The molecule has 116 valence electrons. The molecule has 2 unspecified atom stereocenters. The zero-order valence-electron chi connectivity index (χ0n) is 11.7. The van der Waals surface area contributed by atoms with Crippen LogP contribution in [0.3, 0.4) is 0 Å². The molecule has 2 atom stereocenters. The highest BCUT2D eigenvalue weighted by Gasteiger charge is 2.39. The summed E-state index contributed by atoms with van der Waals surface area (Å²) in [6, 6.07) is 4.55. The van der Waals surface area contributed by atoms with Crippen molar-refractivity contribution in [2.45, 2.75) is 44.1 Å². The zero-order chi connectivity index (χ0) is 15.9. The van der Waals surface area contributed by atoms with Crippen molar-refractivity contribution in [3.63, 3.8) is 0 Å². The Morgan fingerprint density at radius 2 is 1.82 bits per heavy atom.